The SMILES string of the molecule is CCOC(=O)c1c(NC(=O)CCCS(=O)(=O)c2nc(-c3ccccc3OC)cc(C(F)(F)F)n2)sc2c1CC[C@H](C)C2. The van der Waals surface area contributed by atoms with Gasteiger partial charge >= 0.3 is 12.1 Å². The van der Waals surface area contributed by atoms with Crippen LogP contribution in [0.15, 0.2) is 35.5 Å². The molecule has 0 saturated carbocycles. The van der Waals surface area contributed by atoms with Gasteiger partial charge in [-0.3, -0.25) is 4.79 Å². The minimum Gasteiger partial charge on any atom is -0.496 e. The van der Waals surface area contributed by atoms with Gasteiger partial charge in [-0.25, -0.2) is 23.2 Å². The van der Waals surface area contributed by atoms with Gasteiger partial charge in [0.05, 0.1) is 30.7 Å². The van der Waals surface area contributed by atoms with Crippen LogP contribution in [0.1, 0.15) is 59.6 Å². The molecule has 2 aromatic heterocycles. The number of esters is 1. The minimum atomic E-state index is -4.93. The molecule has 9 nitrogen and oxygen atoms in total. The van der Waals surface area contributed by atoms with E-state index >= 15 is 0 Å². The minimum absolute atomic E-state index is 0.161. The first-order valence-electron chi connectivity index (χ1n) is 13.3. The van der Waals surface area contributed by atoms with E-state index in [4.69, 9.17) is 9.47 Å². The molecule has 0 bridgehead atoms. The van der Waals surface area contributed by atoms with Crippen LogP contribution in [0.4, 0.5) is 18.2 Å². The summed E-state index contributed by atoms with van der Waals surface area (Å²) in [6.45, 7) is 3.96. The molecule has 1 atom stereocenters. The van der Waals surface area contributed by atoms with Crippen molar-refractivity contribution in [3.8, 4) is 17.0 Å². The number of halogens is 3. The van der Waals surface area contributed by atoms with E-state index in [-0.39, 0.29) is 36.5 Å². The average Bonchev–Trinajstić information content (AvgIpc) is 3.28. The zero-order valence-corrected chi connectivity index (χ0v) is 24.8. The number of hydrogen-bond donors (Lipinski definition) is 1. The molecular formula is C28H30F3N3O6S2. The topological polar surface area (TPSA) is 125 Å². The van der Waals surface area contributed by atoms with E-state index in [1.165, 1.54) is 30.6 Å². The fourth-order valence-electron chi connectivity index (χ4n) is 4.66. The van der Waals surface area contributed by atoms with E-state index in [1.54, 1.807) is 19.1 Å². The summed E-state index contributed by atoms with van der Waals surface area (Å²) in [5.41, 5.74) is -0.340. The predicted octanol–water partition coefficient (Wildman–Crippen LogP) is 5.73. The van der Waals surface area contributed by atoms with Gasteiger partial charge in [-0.1, -0.05) is 19.1 Å². The number of rotatable bonds is 10. The van der Waals surface area contributed by atoms with Crippen LogP contribution in [0.2, 0.25) is 0 Å². The average molecular weight is 626 g/mol. The molecule has 4 rings (SSSR count). The zero-order valence-electron chi connectivity index (χ0n) is 23.2. The third kappa shape index (κ3) is 7.09. The van der Waals surface area contributed by atoms with Crippen molar-refractivity contribution in [2.75, 3.05) is 24.8 Å². The number of sulfone groups is 1. The molecule has 0 unspecified atom stereocenters. The summed E-state index contributed by atoms with van der Waals surface area (Å²) < 4.78 is 77.4. The first-order valence-corrected chi connectivity index (χ1v) is 15.7. The van der Waals surface area contributed by atoms with Crippen molar-refractivity contribution in [1.29, 1.82) is 0 Å². The van der Waals surface area contributed by atoms with E-state index in [9.17, 15) is 31.2 Å². The lowest BCUT2D eigenvalue weighted by atomic mass is 9.88. The van der Waals surface area contributed by atoms with Gasteiger partial charge in [-0.2, -0.15) is 13.2 Å². The van der Waals surface area contributed by atoms with Crippen molar-refractivity contribution < 1.29 is 40.7 Å². The number of para-hydroxylation sites is 1. The number of carbonyl (C=O) groups is 2. The molecule has 1 aliphatic rings. The van der Waals surface area contributed by atoms with Crippen molar-refractivity contribution in [2.24, 2.45) is 5.92 Å². The summed E-state index contributed by atoms with van der Waals surface area (Å²) in [4.78, 5) is 33.7. The Morgan fingerprint density at radius 2 is 1.93 bits per heavy atom. The molecule has 1 aromatic carbocycles. The van der Waals surface area contributed by atoms with Crippen molar-refractivity contribution in [2.45, 2.75) is 57.3 Å². The van der Waals surface area contributed by atoms with Gasteiger partial charge in [0.15, 0.2) is 0 Å². The highest BCUT2D eigenvalue weighted by Gasteiger charge is 2.36. The van der Waals surface area contributed by atoms with Crippen LogP contribution in [0.5, 0.6) is 5.75 Å². The second-order valence-electron chi connectivity index (χ2n) is 9.87. The number of alkyl halides is 3. The molecule has 0 fully saturated rings. The van der Waals surface area contributed by atoms with E-state index in [1.807, 2.05) is 0 Å². The van der Waals surface area contributed by atoms with E-state index in [0.29, 0.717) is 29.0 Å². The lowest BCUT2D eigenvalue weighted by molar-refractivity contribution is -0.141. The first kappa shape index (κ1) is 31.4. The zero-order chi connectivity index (χ0) is 30.7. The maximum atomic E-state index is 13.6. The van der Waals surface area contributed by atoms with Crippen molar-refractivity contribution in [3.63, 3.8) is 0 Å². The number of benzene rings is 1. The van der Waals surface area contributed by atoms with Gasteiger partial charge in [0.1, 0.15) is 16.4 Å². The molecule has 1 N–H and O–H groups in total. The Kier molecular flexibility index (Phi) is 9.56. The van der Waals surface area contributed by atoms with E-state index in [0.717, 1.165) is 23.3 Å². The van der Waals surface area contributed by atoms with Crippen LogP contribution < -0.4 is 10.1 Å². The summed E-state index contributed by atoms with van der Waals surface area (Å²) in [6, 6.07) is 6.79. The van der Waals surface area contributed by atoms with Crippen LogP contribution in [0.25, 0.3) is 11.3 Å². The van der Waals surface area contributed by atoms with Crippen molar-refractivity contribution in [3.05, 3.63) is 52.0 Å². The maximum absolute atomic E-state index is 13.6. The summed E-state index contributed by atoms with van der Waals surface area (Å²) in [6.07, 6.45) is -3.05. The number of hydrogen-bond acceptors (Lipinski definition) is 9. The Bertz CT molecular complexity index is 1590. The van der Waals surface area contributed by atoms with Crippen LogP contribution >= 0.6 is 11.3 Å². The molecule has 3 aromatic rings. The molecular weight excluding hydrogens is 595 g/mol. The first-order chi connectivity index (χ1) is 19.8. The number of methoxy groups -OCH3 is 1. The third-order valence-electron chi connectivity index (χ3n) is 6.72. The Morgan fingerprint density at radius 3 is 2.62 bits per heavy atom. The van der Waals surface area contributed by atoms with Crippen molar-refractivity contribution in [1.82, 2.24) is 9.97 Å². The standard InChI is InChI=1S/C28H30F3N3O6S2/c1-4-40-26(36)24-18-12-11-16(2)14-21(18)41-25(24)34-23(35)10-7-13-42(37,38)27-32-19(15-22(33-27)28(29,30)31)17-8-5-6-9-20(17)39-3/h5-6,8-9,15-16H,4,7,10-14H2,1-3H3,(H,34,35)/t16-/m0/s1. The van der Waals surface area contributed by atoms with Gasteiger partial charge in [0, 0.05) is 16.9 Å². The van der Waals surface area contributed by atoms with Crippen LogP contribution in [-0.2, 0) is 38.4 Å². The van der Waals surface area contributed by atoms with Crippen LogP contribution in [-0.4, -0.2) is 49.7 Å². The molecule has 14 heteroatoms. The molecule has 0 spiro atoms. The van der Waals surface area contributed by atoms with E-state index < -0.39 is 44.5 Å². The fraction of sp³-hybridized carbons (Fsp3) is 0.429. The summed E-state index contributed by atoms with van der Waals surface area (Å²) in [5.74, 6) is -1.11. The van der Waals surface area contributed by atoms with Gasteiger partial charge < -0.3 is 14.8 Å². The Morgan fingerprint density at radius 1 is 1.19 bits per heavy atom. The normalized spacial score (nSPS) is 15.1. The smallest absolute Gasteiger partial charge is 0.433 e. The van der Waals surface area contributed by atoms with Gasteiger partial charge in [0.2, 0.25) is 20.9 Å². The number of carbonyl (C=O) groups excluding carboxylic acids is 2. The monoisotopic (exact) mass is 625 g/mol. The van der Waals surface area contributed by atoms with Crippen LogP contribution in [0, 0.1) is 5.92 Å². The number of nitrogens with zero attached hydrogens (tertiary/aromatic N) is 2. The van der Waals surface area contributed by atoms with Gasteiger partial charge in [0.25, 0.3) is 0 Å². The molecule has 2 heterocycles. The number of aromatic nitrogens is 2. The lowest BCUT2D eigenvalue weighted by Crippen LogP contribution is -2.19. The largest absolute Gasteiger partial charge is 0.496 e. The van der Waals surface area contributed by atoms with E-state index in [2.05, 4.69) is 22.2 Å². The highest BCUT2D eigenvalue weighted by molar-refractivity contribution is 7.91. The second kappa shape index (κ2) is 12.8. The number of anilines is 1. The summed E-state index contributed by atoms with van der Waals surface area (Å²) >= 11 is 1.30. The molecule has 226 valence electrons. The number of thiophene rings is 1. The fourth-order valence-corrected chi connectivity index (χ4v) is 7.26. The second-order valence-corrected chi connectivity index (χ2v) is 13.0. The molecule has 0 saturated heterocycles. The molecule has 1 aliphatic carbocycles. The van der Waals surface area contributed by atoms with Crippen molar-refractivity contribution >= 4 is 38.1 Å². The molecule has 0 radical (unpaired) electrons. The Labute approximate surface area is 245 Å². The summed E-state index contributed by atoms with van der Waals surface area (Å²) in [5, 5.41) is 2.06. The third-order valence-corrected chi connectivity index (χ3v) is 9.45. The number of ether oxygens (including phenoxy) is 2. The Balaban J connectivity index is 1.52. The molecule has 0 aliphatic heterocycles. The Hall–Kier alpha value is -3.52. The lowest BCUT2D eigenvalue weighted by Gasteiger charge is -2.18. The predicted molar refractivity (Wildman–Crippen MR) is 150 cm³/mol. The number of nitrogens with one attached hydrogen (secondary N) is 1. The summed E-state index contributed by atoms with van der Waals surface area (Å²) in [7, 11) is -3.09. The number of fused-ring (bicyclic) bond motifs is 1. The quantitative estimate of drug-likeness (QED) is 0.224. The number of amides is 1. The van der Waals surface area contributed by atoms with Crippen LogP contribution in [0.3, 0.4) is 0 Å². The highest BCUT2D eigenvalue weighted by atomic mass is 32.2. The van der Waals surface area contributed by atoms with Gasteiger partial charge in [-0.05, 0) is 62.3 Å². The molecule has 42 heavy (non-hydrogen) atoms. The van der Waals surface area contributed by atoms with Gasteiger partial charge in [-0.15, -0.1) is 11.3 Å². The molecule has 1 amide bonds. The highest BCUT2D eigenvalue weighted by Crippen LogP contribution is 2.40. The maximum Gasteiger partial charge on any atom is 0.433 e.